The van der Waals surface area contributed by atoms with Gasteiger partial charge in [0.15, 0.2) is 0 Å². The second-order valence-electron chi connectivity index (χ2n) is 5.40. The van der Waals surface area contributed by atoms with E-state index in [0.717, 1.165) is 11.1 Å². The third-order valence-electron chi connectivity index (χ3n) is 3.76. The van der Waals surface area contributed by atoms with Crippen LogP contribution in [0.3, 0.4) is 0 Å². The maximum Gasteiger partial charge on any atom is 0.310 e. The summed E-state index contributed by atoms with van der Waals surface area (Å²) in [7, 11) is 0. The van der Waals surface area contributed by atoms with Crippen LogP contribution < -0.4 is 0 Å². The highest BCUT2D eigenvalue weighted by Gasteiger charge is 2.37. The van der Waals surface area contributed by atoms with E-state index in [2.05, 4.69) is 6.58 Å². The molecule has 0 bridgehead atoms. The Balaban J connectivity index is 2.33. The third kappa shape index (κ3) is 3.82. The minimum Gasteiger partial charge on any atom is -0.481 e. The Morgan fingerprint density at radius 2 is 1.38 bits per heavy atom. The normalized spacial score (nSPS) is 11.0. The zero-order valence-electron chi connectivity index (χ0n) is 12.0. The van der Waals surface area contributed by atoms with E-state index < -0.39 is 11.4 Å². The Kier molecular flexibility index (Phi) is 4.94. The molecule has 2 nitrogen and oxygen atoms in total. The molecule has 0 saturated carbocycles. The van der Waals surface area contributed by atoms with E-state index in [1.807, 2.05) is 60.7 Å². The lowest BCUT2D eigenvalue weighted by Gasteiger charge is -2.29. The molecule has 2 heteroatoms. The van der Waals surface area contributed by atoms with Gasteiger partial charge in [-0.1, -0.05) is 66.7 Å². The summed E-state index contributed by atoms with van der Waals surface area (Å²) in [6.07, 6.45) is 3.17. The van der Waals surface area contributed by atoms with Gasteiger partial charge in [0.05, 0.1) is 5.41 Å². The Bertz CT molecular complexity index is 546. The number of hydrogen-bond donors (Lipinski definition) is 1. The zero-order valence-corrected chi connectivity index (χ0v) is 12.0. The number of aliphatic carboxylic acids is 1. The van der Waals surface area contributed by atoms with Crippen LogP contribution in [0.5, 0.6) is 0 Å². The lowest BCUT2D eigenvalue weighted by atomic mass is 9.74. The molecule has 0 heterocycles. The van der Waals surface area contributed by atoms with Crippen LogP contribution in [0, 0.1) is 5.41 Å². The molecule has 0 aliphatic carbocycles. The van der Waals surface area contributed by atoms with Crippen LogP contribution in [0.15, 0.2) is 73.3 Å². The molecule has 2 aromatic rings. The fourth-order valence-corrected chi connectivity index (χ4v) is 2.69. The van der Waals surface area contributed by atoms with Crippen molar-refractivity contribution in [1.29, 1.82) is 0 Å². The Morgan fingerprint density at radius 1 is 0.952 bits per heavy atom. The first-order valence-corrected chi connectivity index (χ1v) is 7.08. The molecule has 0 aliphatic rings. The van der Waals surface area contributed by atoms with Gasteiger partial charge in [-0.25, -0.2) is 0 Å². The first-order valence-electron chi connectivity index (χ1n) is 7.08. The second-order valence-corrected chi connectivity index (χ2v) is 5.40. The minimum atomic E-state index is -0.843. The van der Waals surface area contributed by atoms with Crippen molar-refractivity contribution in [2.24, 2.45) is 5.41 Å². The van der Waals surface area contributed by atoms with Crippen molar-refractivity contribution >= 4 is 5.97 Å². The van der Waals surface area contributed by atoms with Crippen LogP contribution in [0.1, 0.15) is 17.5 Å². The fourth-order valence-electron chi connectivity index (χ4n) is 2.69. The van der Waals surface area contributed by atoms with Crippen LogP contribution in [0.25, 0.3) is 0 Å². The van der Waals surface area contributed by atoms with Gasteiger partial charge in [0, 0.05) is 0 Å². The molecule has 21 heavy (non-hydrogen) atoms. The molecule has 0 aromatic heterocycles. The van der Waals surface area contributed by atoms with Crippen LogP contribution in [-0.4, -0.2) is 11.1 Å². The highest BCUT2D eigenvalue weighted by atomic mass is 16.4. The van der Waals surface area contributed by atoms with Gasteiger partial charge in [0.25, 0.3) is 0 Å². The molecule has 0 fully saturated rings. The lowest BCUT2D eigenvalue weighted by Crippen LogP contribution is -2.35. The van der Waals surface area contributed by atoms with Crippen LogP contribution >= 0.6 is 0 Å². The number of hydrogen-bond acceptors (Lipinski definition) is 1. The summed E-state index contributed by atoms with van der Waals surface area (Å²) in [4.78, 5) is 12.0. The standard InChI is InChI=1S/C19H20O2/c1-2-13-19(18(20)21,14-16-9-5-3-6-10-16)15-17-11-7-4-8-12-17/h2-12H,1,13-15H2,(H,20,21). The number of carbonyl (C=O) groups is 1. The largest absolute Gasteiger partial charge is 0.481 e. The first kappa shape index (κ1) is 15.0. The van der Waals surface area contributed by atoms with E-state index in [4.69, 9.17) is 0 Å². The highest BCUT2D eigenvalue weighted by Crippen LogP contribution is 2.32. The van der Waals surface area contributed by atoms with Crippen molar-refractivity contribution < 1.29 is 9.90 Å². The van der Waals surface area contributed by atoms with Crippen molar-refractivity contribution in [3.05, 3.63) is 84.4 Å². The summed E-state index contributed by atoms with van der Waals surface area (Å²) in [5, 5.41) is 9.83. The smallest absolute Gasteiger partial charge is 0.310 e. The van der Waals surface area contributed by atoms with Crippen LogP contribution in [-0.2, 0) is 17.6 Å². The number of rotatable bonds is 7. The third-order valence-corrected chi connectivity index (χ3v) is 3.76. The van der Waals surface area contributed by atoms with Crippen molar-refractivity contribution in [3.63, 3.8) is 0 Å². The molecule has 0 saturated heterocycles. The predicted molar refractivity (Wildman–Crippen MR) is 85.2 cm³/mol. The molecule has 2 rings (SSSR count). The second kappa shape index (κ2) is 6.89. The topological polar surface area (TPSA) is 37.3 Å². The first-order chi connectivity index (χ1) is 10.2. The van der Waals surface area contributed by atoms with Crippen molar-refractivity contribution in [3.8, 4) is 0 Å². The van der Waals surface area contributed by atoms with Gasteiger partial charge >= 0.3 is 5.97 Å². The number of carboxylic acid groups (broad SMARTS) is 1. The van der Waals surface area contributed by atoms with E-state index in [1.54, 1.807) is 6.08 Å². The van der Waals surface area contributed by atoms with Gasteiger partial charge in [-0.3, -0.25) is 4.79 Å². The van der Waals surface area contributed by atoms with Gasteiger partial charge in [-0.2, -0.15) is 0 Å². The molecule has 0 unspecified atom stereocenters. The number of benzene rings is 2. The summed E-state index contributed by atoms with van der Waals surface area (Å²) in [5.74, 6) is -0.768. The van der Waals surface area contributed by atoms with E-state index in [0.29, 0.717) is 19.3 Å². The summed E-state index contributed by atoms with van der Waals surface area (Å²) < 4.78 is 0. The molecule has 0 aliphatic heterocycles. The highest BCUT2D eigenvalue weighted by molar-refractivity contribution is 5.76. The van der Waals surface area contributed by atoms with Gasteiger partial charge in [0.2, 0.25) is 0 Å². The van der Waals surface area contributed by atoms with Crippen molar-refractivity contribution in [1.82, 2.24) is 0 Å². The summed E-state index contributed by atoms with van der Waals surface area (Å²) >= 11 is 0. The van der Waals surface area contributed by atoms with Gasteiger partial charge in [-0.05, 0) is 30.4 Å². The monoisotopic (exact) mass is 280 g/mol. The number of carboxylic acids is 1. The Morgan fingerprint density at radius 3 is 1.71 bits per heavy atom. The molecule has 0 spiro atoms. The van der Waals surface area contributed by atoms with E-state index in [-0.39, 0.29) is 0 Å². The van der Waals surface area contributed by atoms with E-state index in [1.165, 1.54) is 0 Å². The quantitative estimate of drug-likeness (QED) is 0.775. The van der Waals surface area contributed by atoms with Crippen molar-refractivity contribution in [2.75, 3.05) is 0 Å². The maximum atomic E-state index is 12.0. The van der Waals surface area contributed by atoms with Crippen LogP contribution in [0.4, 0.5) is 0 Å². The van der Waals surface area contributed by atoms with Gasteiger partial charge in [-0.15, -0.1) is 6.58 Å². The zero-order chi connectivity index (χ0) is 15.1. The minimum absolute atomic E-state index is 0.451. The van der Waals surface area contributed by atoms with Gasteiger partial charge in [0.1, 0.15) is 0 Å². The number of allylic oxidation sites excluding steroid dienone is 1. The predicted octanol–water partition coefficient (Wildman–Crippen LogP) is 4.12. The van der Waals surface area contributed by atoms with Gasteiger partial charge < -0.3 is 5.11 Å². The average Bonchev–Trinajstić information content (AvgIpc) is 2.49. The molecular weight excluding hydrogens is 260 g/mol. The molecule has 2 aromatic carbocycles. The van der Waals surface area contributed by atoms with E-state index >= 15 is 0 Å². The Hall–Kier alpha value is -2.35. The molecule has 0 amide bonds. The Labute approximate surface area is 125 Å². The maximum absolute atomic E-state index is 12.0. The summed E-state index contributed by atoms with van der Waals surface area (Å²) in [5.41, 5.74) is 1.24. The molecule has 108 valence electrons. The summed E-state index contributed by atoms with van der Waals surface area (Å²) in [6, 6.07) is 19.6. The molecule has 0 radical (unpaired) electrons. The lowest BCUT2D eigenvalue weighted by molar-refractivity contribution is -0.148. The SMILES string of the molecule is C=CCC(Cc1ccccc1)(Cc1ccccc1)C(=O)O. The molecule has 1 N–H and O–H groups in total. The van der Waals surface area contributed by atoms with E-state index in [9.17, 15) is 9.90 Å². The van der Waals surface area contributed by atoms with Crippen LogP contribution in [0.2, 0.25) is 0 Å². The fraction of sp³-hybridized carbons (Fsp3) is 0.211. The summed E-state index contributed by atoms with van der Waals surface area (Å²) in [6.45, 7) is 3.75. The molecule has 0 atom stereocenters. The molecular formula is C19H20O2. The van der Waals surface area contributed by atoms with Crippen molar-refractivity contribution in [2.45, 2.75) is 19.3 Å². The average molecular weight is 280 g/mol.